The quantitative estimate of drug-likeness (QED) is 0.846. The number of carbonyl (C=O) groups excluding carboxylic acids is 1. The predicted octanol–water partition coefficient (Wildman–Crippen LogP) is 1.50. The van der Waals surface area contributed by atoms with Gasteiger partial charge in [-0.1, -0.05) is 18.2 Å². The molecule has 5 nitrogen and oxygen atoms in total. The molecule has 2 N–H and O–H groups in total. The number of nitrogens with one attached hydrogen (secondary N) is 2. The van der Waals surface area contributed by atoms with Crippen molar-refractivity contribution in [1.82, 2.24) is 4.98 Å². The van der Waals surface area contributed by atoms with Crippen LogP contribution in [0, 0.1) is 5.82 Å². The molecule has 1 fully saturated rings. The summed E-state index contributed by atoms with van der Waals surface area (Å²) in [7, 11) is 0. The zero-order valence-corrected chi connectivity index (χ0v) is 15.2. The fourth-order valence-electron chi connectivity index (χ4n) is 3.20. The molecule has 0 radical (unpaired) electrons. The summed E-state index contributed by atoms with van der Waals surface area (Å²) >= 11 is 1.38. The Labute approximate surface area is 150 Å². The number of thiazole rings is 1. The number of quaternary nitrogens is 1. The van der Waals surface area contributed by atoms with Gasteiger partial charge in [-0.25, -0.2) is 9.37 Å². The van der Waals surface area contributed by atoms with E-state index in [0.717, 1.165) is 18.0 Å². The molecule has 7 heteroatoms. The molecule has 2 aromatic rings. The Bertz CT molecular complexity index is 727. The average Bonchev–Trinajstić information content (AvgIpc) is 2.95. The smallest absolute Gasteiger partial charge is 0.281 e. The Morgan fingerprint density at radius 3 is 2.80 bits per heavy atom. The number of nitrogens with zero attached hydrogens (tertiary/aromatic N) is 1. The third-order valence-corrected chi connectivity index (χ3v) is 5.06. The minimum Gasteiger partial charge on any atom is -0.364 e. The first-order valence-electron chi connectivity index (χ1n) is 8.46. The fraction of sp³-hybridized carbons (Fsp3) is 0.444. The van der Waals surface area contributed by atoms with Gasteiger partial charge in [-0.2, -0.15) is 0 Å². The fourth-order valence-corrected chi connectivity index (χ4v) is 4.05. The first-order valence-corrected chi connectivity index (χ1v) is 9.28. The molecule has 0 saturated carbocycles. The summed E-state index contributed by atoms with van der Waals surface area (Å²) in [6.45, 7) is 6.12. The van der Waals surface area contributed by atoms with Crippen molar-refractivity contribution in [2.45, 2.75) is 32.5 Å². The Morgan fingerprint density at radius 2 is 2.08 bits per heavy atom. The molecule has 2 atom stereocenters. The molecule has 1 saturated heterocycles. The van der Waals surface area contributed by atoms with Crippen molar-refractivity contribution in [1.29, 1.82) is 0 Å². The van der Waals surface area contributed by atoms with E-state index in [1.54, 1.807) is 18.3 Å². The molecule has 134 valence electrons. The van der Waals surface area contributed by atoms with E-state index in [2.05, 4.69) is 10.3 Å². The molecule has 1 aliphatic heterocycles. The summed E-state index contributed by atoms with van der Waals surface area (Å²) in [4.78, 5) is 18.6. The van der Waals surface area contributed by atoms with Crippen molar-refractivity contribution in [2.24, 2.45) is 0 Å². The van der Waals surface area contributed by atoms with Crippen LogP contribution in [0.5, 0.6) is 0 Å². The van der Waals surface area contributed by atoms with Crippen LogP contribution in [0.15, 0.2) is 30.5 Å². The van der Waals surface area contributed by atoms with Gasteiger partial charge in [-0.05, 0) is 25.5 Å². The van der Waals surface area contributed by atoms with Gasteiger partial charge in [0.15, 0.2) is 11.7 Å². The van der Waals surface area contributed by atoms with Crippen LogP contribution in [0.4, 0.5) is 9.52 Å². The SMILES string of the molecule is C[C@@H]1C[NH+](CC(=O)Nc2ncc(Cc3ccccc3F)s2)C[C@@H](C)O1. The Hall–Kier alpha value is -1.83. The normalized spacial score (nSPS) is 23.4. The minimum absolute atomic E-state index is 0.0527. The van der Waals surface area contributed by atoms with Gasteiger partial charge >= 0.3 is 0 Å². The summed E-state index contributed by atoms with van der Waals surface area (Å²) < 4.78 is 19.4. The highest BCUT2D eigenvalue weighted by atomic mass is 32.1. The van der Waals surface area contributed by atoms with Crippen LogP contribution in [0.2, 0.25) is 0 Å². The summed E-state index contributed by atoms with van der Waals surface area (Å²) in [6, 6.07) is 6.70. The van der Waals surface area contributed by atoms with Gasteiger partial charge in [0.05, 0.1) is 0 Å². The van der Waals surface area contributed by atoms with Gasteiger partial charge in [-0.3, -0.25) is 10.1 Å². The summed E-state index contributed by atoms with van der Waals surface area (Å²) in [5, 5.41) is 3.41. The maximum absolute atomic E-state index is 13.7. The van der Waals surface area contributed by atoms with Crippen molar-refractivity contribution in [2.75, 3.05) is 25.0 Å². The third kappa shape index (κ3) is 5.07. The predicted molar refractivity (Wildman–Crippen MR) is 95.5 cm³/mol. The van der Waals surface area contributed by atoms with E-state index >= 15 is 0 Å². The van der Waals surface area contributed by atoms with Crippen molar-refractivity contribution < 1.29 is 18.8 Å². The first-order chi connectivity index (χ1) is 12.0. The number of carbonyl (C=O) groups is 1. The lowest BCUT2D eigenvalue weighted by Gasteiger charge is -2.31. The molecule has 0 spiro atoms. The average molecular weight is 364 g/mol. The highest BCUT2D eigenvalue weighted by Gasteiger charge is 2.27. The number of aromatic nitrogens is 1. The molecule has 1 amide bonds. The van der Waals surface area contributed by atoms with Crippen molar-refractivity contribution >= 4 is 22.4 Å². The van der Waals surface area contributed by atoms with Crippen molar-refractivity contribution in [3.05, 3.63) is 46.7 Å². The van der Waals surface area contributed by atoms with Crippen LogP contribution in [0.25, 0.3) is 0 Å². The van der Waals surface area contributed by atoms with E-state index in [1.165, 1.54) is 22.3 Å². The number of anilines is 1. The van der Waals surface area contributed by atoms with E-state index in [0.29, 0.717) is 23.7 Å². The second-order valence-electron chi connectivity index (χ2n) is 6.54. The van der Waals surface area contributed by atoms with E-state index in [9.17, 15) is 9.18 Å². The van der Waals surface area contributed by atoms with E-state index in [4.69, 9.17) is 4.74 Å². The van der Waals surface area contributed by atoms with Crippen LogP contribution in [0.1, 0.15) is 24.3 Å². The molecule has 0 bridgehead atoms. The molecule has 25 heavy (non-hydrogen) atoms. The molecule has 0 aliphatic carbocycles. The summed E-state index contributed by atoms with van der Waals surface area (Å²) in [6.07, 6.45) is 2.50. The lowest BCUT2D eigenvalue weighted by Crippen LogP contribution is -3.16. The standard InChI is InChI=1S/C18H22FN3O2S/c1-12-9-22(10-13(2)24-12)11-17(23)21-18-20-8-15(25-18)7-14-5-3-4-6-16(14)19/h3-6,8,12-13H,7,9-11H2,1-2H3,(H,20,21,23)/p+1/t12-,13-/m1/s1. The van der Waals surface area contributed by atoms with Gasteiger partial charge in [-0.15, -0.1) is 11.3 Å². The molecular formula is C18H23FN3O2S+. The van der Waals surface area contributed by atoms with Crippen LogP contribution in [-0.4, -0.2) is 42.7 Å². The number of amides is 1. The molecular weight excluding hydrogens is 341 g/mol. The van der Waals surface area contributed by atoms with Crippen molar-refractivity contribution in [3.63, 3.8) is 0 Å². The topological polar surface area (TPSA) is 55.7 Å². The Balaban J connectivity index is 1.54. The molecule has 1 aromatic heterocycles. The van der Waals surface area contributed by atoms with Crippen molar-refractivity contribution in [3.8, 4) is 0 Å². The number of benzene rings is 1. The van der Waals surface area contributed by atoms with Crippen LogP contribution >= 0.6 is 11.3 Å². The zero-order chi connectivity index (χ0) is 17.8. The molecule has 0 unspecified atom stereocenters. The van der Waals surface area contributed by atoms with Crippen LogP contribution in [-0.2, 0) is 16.0 Å². The Kier molecular flexibility index (Phi) is 5.78. The molecule has 1 aliphatic rings. The number of hydrogen-bond acceptors (Lipinski definition) is 4. The maximum Gasteiger partial charge on any atom is 0.281 e. The number of halogens is 1. The summed E-state index contributed by atoms with van der Waals surface area (Å²) in [5.41, 5.74) is 0.629. The highest BCUT2D eigenvalue weighted by molar-refractivity contribution is 7.15. The number of hydrogen-bond donors (Lipinski definition) is 2. The van der Waals surface area contributed by atoms with Gasteiger partial charge in [0.25, 0.3) is 5.91 Å². The van der Waals surface area contributed by atoms with Crippen LogP contribution in [0.3, 0.4) is 0 Å². The Morgan fingerprint density at radius 1 is 1.36 bits per heavy atom. The summed E-state index contributed by atoms with van der Waals surface area (Å²) in [5.74, 6) is -0.274. The molecule has 3 rings (SSSR count). The number of ether oxygens (including phenoxy) is 1. The van der Waals surface area contributed by atoms with Gasteiger partial charge in [0.1, 0.15) is 31.1 Å². The first kappa shape index (κ1) is 18.0. The highest BCUT2D eigenvalue weighted by Crippen LogP contribution is 2.22. The largest absolute Gasteiger partial charge is 0.364 e. The number of morpholine rings is 1. The lowest BCUT2D eigenvalue weighted by molar-refractivity contribution is -0.907. The monoisotopic (exact) mass is 364 g/mol. The second-order valence-corrected chi connectivity index (χ2v) is 7.66. The van der Waals surface area contributed by atoms with E-state index < -0.39 is 0 Å². The van der Waals surface area contributed by atoms with E-state index in [1.807, 2.05) is 19.9 Å². The number of rotatable bonds is 5. The lowest BCUT2D eigenvalue weighted by atomic mass is 10.1. The zero-order valence-electron chi connectivity index (χ0n) is 14.4. The van der Waals surface area contributed by atoms with Gasteiger partial charge < -0.3 is 9.64 Å². The second kappa shape index (κ2) is 8.03. The van der Waals surface area contributed by atoms with E-state index in [-0.39, 0.29) is 23.9 Å². The van der Waals surface area contributed by atoms with Crippen LogP contribution < -0.4 is 10.2 Å². The minimum atomic E-state index is -0.222. The third-order valence-electron chi connectivity index (χ3n) is 4.15. The molecule has 2 heterocycles. The molecule has 1 aromatic carbocycles. The van der Waals surface area contributed by atoms with Gasteiger partial charge in [0.2, 0.25) is 0 Å². The maximum atomic E-state index is 13.7. The van der Waals surface area contributed by atoms with Gasteiger partial charge in [0, 0.05) is 17.5 Å².